The normalized spacial score (nSPS) is 10.9. The molecular weight excluding hydrogens is 260 g/mol. The Morgan fingerprint density at radius 2 is 1.78 bits per heavy atom. The average Bonchev–Trinajstić information content (AvgIpc) is 2.26. The molecule has 0 aliphatic rings. The van der Waals surface area contributed by atoms with Crippen molar-refractivity contribution in [2.24, 2.45) is 0 Å². The molecule has 0 fully saturated rings. The highest BCUT2D eigenvalue weighted by Gasteiger charge is 2.34. The van der Waals surface area contributed by atoms with E-state index >= 15 is 0 Å². The zero-order chi connectivity index (χ0) is 13.9. The van der Waals surface area contributed by atoms with Crippen molar-refractivity contribution in [3.8, 4) is 5.75 Å². The fourth-order valence-electron chi connectivity index (χ4n) is 1.02. The highest BCUT2D eigenvalue weighted by Crippen LogP contribution is 2.32. The van der Waals surface area contributed by atoms with E-state index in [-0.39, 0.29) is 0 Å². The quantitative estimate of drug-likeness (QED) is 0.337. The molecule has 0 aromatic heterocycles. The van der Waals surface area contributed by atoms with Crippen molar-refractivity contribution < 1.29 is 36.6 Å². The third-order valence-electron chi connectivity index (χ3n) is 1.81. The zero-order valence-electron chi connectivity index (χ0n) is 8.88. The van der Waals surface area contributed by atoms with E-state index in [1.54, 1.807) is 0 Å². The first-order valence-electron chi connectivity index (χ1n) is 4.42. The second kappa shape index (κ2) is 5.03. The number of carbonyl (C=O) groups is 2. The molecule has 0 amide bonds. The van der Waals surface area contributed by atoms with Crippen LogP contribution in [0.2, 0.25) is 0 Å². The van der Waals surface area contributed by atoms with Crippen LogP contribution in [0.4, 0.5) is 17.6 Å². The summed E-state index contributed by atoms with van der Waals surface area (Å²) in [7, 11) is 0.914. The molecule has 1 aromatic carbocycles. The molecule has 98 valence electrons. The maximum atomic E-state index is 13.1. The Bertz CT molecular complexity index is 481. The van der Waals surface area contributed by atoms with Crippen LogP contribution in [0.3, 0.4) is 0 Å². The zero-order valence-corrected chi connectivity index (χ0v) is 8.88. The number of hydrogen-bond acceptors (Lipinski definition) is 4. The maximum absolute atomic E-state index is 13.1. The number of rotatable bonds is 1. The van der Waals surface area contributed by atoms with E-state index in [2.05, 4.69) is 9.47 Å². The molecule has 1 rings (SSSR count). The van der Waals surface area contributed by atoms with Crippen LogP contribution in [-0.4, -0.2) is 19.0 Å². The van der Waals surface area contributed by atoms with Gasteiger partial charge in [-0.1, -0.05) is 0 Å². The molecule has 8 heteroatoms. The predicted molar refractivity (Wildman–Crippen MR) is 49.1 cm³/mol. The van der Waals surface area contributed by atoms with Gasteiger partial charge in [0.1, 0.15) is 11.6 Å². The van der Waals surface area contributed by atoms with E-state index < -0.39 is 35.2 Å². The molecule has 4 nitrogen and oxygen atoms in total. The summed E-state index contributed by atoms with van der Waals surface area (Å²) >= 11 is 0. The van der Waals surface area contributed by atoms with E-state index in [9.17, 15) is 27.2 Å². The SMILES string of the molecule is COC(=O)C(=O)Oc1ccc(C(F)(F)F)c(F)c1. The Morgan fingerprint density at radius 1 is 1.17 bits per heavy atom. The van der Waals surface area contributed by atoms with Gasteiger partial charge in [-0.25, -0.2) is 14.0 Å². The number of esters is 2. The van der Waals surface area contributed by atoms with Crippen LogP contribution in [-0.2, 0) is 20.5 Å². The first-order valence-corrected chi connectivity index (χ1v) is 4.42. The lowest BCUT2D eigenvalue weighted by molar-refractivity contribution is -0.160. The monoisotopic (exact) mass is 266 g/mol. The van der Waals surface area contributed by atoms with Gasteiger partial charge in [0.2, 0.25) is 0 Å². The summed E-state index contributed by atoms with van der Waals surface area (Å²) in [5.74, 6) is -4.96. The minimum Gasteiger partial charge on any atom is -0.461 e. The van der Waals surface area contributed by atoms with Gasteiger partial charge in [0.25, 0.3) is 0 Å². The van der Waals surface area contributed by atoms with Gasteiger partial charge >= 0.3 is 18.1 Å². The van der Waals surface area contributed by atoms with Crippen molar-refractivity contribution in [1.82, 2.24) is 0 Å². The third kappa shape index (κ3) is 3.19. The van der Waals surface area contributed by atoms with Gasteiger partial charge < -0.3 is 9.47 Å². The molecule has 0 atom stereocenters. The summed E-state index contributed by atoms with van der Waals surface area (Å²) in [4.78, 5) is 21.6. The lowest BCUT2D eigenvalue weighted by Crippen LogP contribution is -2.21. The molecule has 1 aromatic rings. The standard InChI is InChI=1S/C10H6F4O4/c1-17-8(15)9(16)18-5-2-3-6(7(11)4-5)10(12,13)14/h2-4H,1H3. The van der Waals surface area contributed by atoms with E-state index in [0.29, 0.717) is 18.2 Å². The number of ether oxygens (including phenoxy) is 2. The number of benzene rings is 1. The van der Waals surface area contributed by atoms with Crippen molar-refractivity contribution in [1.29, 1.82) is 0 Å². The molecule has 0 saturated heterocycles. The summed E-state index contributed by atoms with van der Waals surface area (Å²) in [6, 6.07) is 1.46. The summed E-state index contributed by atoms with van der Waals surface area (Å²) in [5, 5.41) is 0. The summed E-state index contributed by atoms with van der Waals surface area (Å²) in [5.41, 5.74) is -1.50. The Morgan fingerprint density at radius 3 is 2.22 bits per heavy atom. The van der Waals surface area contributed by atoms with Gasteiger partial charge in [-0.2, -0.15) is 13.2 Å². The van der Waals surface area contributed by atoms with E-state index in [0.717, 1.165) is 7.11 Å². The van der Waals surface area contributed by atoms with Crippen LogP contribution in [0, 0.1) is 5.82 Å². The minimum atomic E-state index is -4.85. The van der Waals surface area contributed by atoms with Gasteiger partial charge in [0, 0.05) is 6.07 Å². The molecule has 0 aliphatic heterocycles. The molecule has 0 heterocycles. The molecule has 18 heavy (non-hydrogen) atoms. The van der Waals surface area contributed by atoms with Crippen molar-refractivity contribution in [2.45, 2.75) is 6.18 Å². The van der Waals surface area contributed by atoms with Crippen LogP contribution >= 0.6 is 0 Å². The van der Waals surface area contributed by atoms with Crippen molar-refractivity contribution in [3.05, 3.63) is 29.6 Å². The lowest BCUT2D eigenvalue weighted by atomic mass is 10.2. The van der Waals surface area contributed by atoms with Crippen molar-refractivity contribution in [3.63, 3.8) is 0 Å². The molecule has 0 N–H and O–H groups in total. The fraction of sp³-hybridized carbons (Fsp3) is 0.200. The highest BCUT2D eigenvalue weighted by molar-refractivity contribution is 6.30. The summed E-state index contributed by atoms with van der Waals surface area (Å²) in [6.45, 7) is 0. The molecule has 0 aliphatic carbocycles. The summed E-state index contributed by atoms with van der Waals surface area (Å²) < 4.78 is 58.0. The molecule has 0 saturated carbocycles. The number of carbonyl (C=O) groups excluding carboxylic acids is 2. The molecule has 0 bridgehead atoms. The van der Waals surface area contributed by atoms with E-state index in [4.69, 9.17) is 0 Å². The second-order valence-corrected chi connectivity index (χ2v) is 3.02. The smallest absolute Gasteiger partial charge is 0.422 e. The number of methoxy groups -OCH3 is 1. The first kappa shape index (κ1) is 13.9. The van der Waals surface area contributed by atoms with E-state index in [1.807, 2.05) is 0 Å². The molecule has 0 spiro atoms. The predicted octanol–water partition coefficient (Wildman–Crippen LogP) is 1.92. The number of halogens is 4. The summed E-state index contributed by atoms with van der Waals surface area (Å²) in [6.07, 6.45) is -4.85. The maximum Gasteiger partial charge on any atom is 0.422 e. The first-order chi connectivity index (χ1) is 8.25. The van der Waals surface area contributed by atoms with Crippen LogP contribution in [0.15, 0.2) is 18.2 Å². The Labute approximate surface area is 98.1 Å². The Balaban J connectivity index is 2.92. The van der Waals surface area contributed by atoms with Crippen LogP contribution in [0.5, 0.6) is 5.75 Å². The van der Waals surface area contributed by atoms with Gasteiger partial charge in [0.15, 0.2) is 0 Å². The molecular formula is C10H6F4O4. The second-order valence-electron chi connectivity index (χ2n) is 3.02. The van der Waals surface area contributed by atoms with Gasteiger partial charge in [0.05, 0.1) is 12.7 Å². The lowest BCUT2D eigenvalue weighted by Gasteiger charge is -2.09. The van der Waals surface area contributed by atoms with Crippen LogP contribution < -0.4 is 4.74 Å². The fourth-order valence-corrected chi connectivity index (χ4v) is 1.02. The largest absolute Gasteiger partial charge is 0.461 e. The Kier molecular flexibility index (Phi) is 3.89. The van der Waals surface area contributed by atoms with Crippen LogP contribution in [0.1, 0.15) is 5.56 Å². The molecule has 0 unspecified atom stereocenters. The highest BCUT2D eigenvalue weighted by atomic mass is 19.4. The average molecular weight is 266 g/mol. The van der Waals surface area contributed by atoms with Crippen molar-refractivity contribution >= 4 is 11.9 Å². The minimum absolute atomic E-state index is 0.351. The van der Waals surface area contributed by atoms with Crippen LogP contribution in [0.25, 0.3) is 0 Å². The third-order valence-corrected chi connectivity index (χ3v) is 1.81. The number of alkyl halides is 3. The van der Waals surface area contributed by atoms with Gasteiger partial charge in [-0.3, -0.25) is 0 Å². The molecule has 0 radical (unpaired) electrons. The van der Waals surface area contributed by atoms with E-state index in [1.165, 1.54) is 0 Å². The Hall–Kier alpha value is -2.12. The van der Waals surface area contributed by atoms with Gasteiger partial charge in [-0.15, -0.1) is 0 Å². The topological polar surface area (TPSA) is 52.6 Å². The van der Waals surface area contributed by atoms with Crippen molar-refractivity contribution in [2.75, 3.05) is 7.11 Å². The van der Waals surface area contributed by atoms with Gasteiger partial charge in [-0.05, 0) is 12.1 Å². The number of hydrogen-bond donors (Lipinski definition) is 0.